The third-order valence-corrected chi connectivity index (χ3v) is 8.25. The van der Waals surface area contributed by atoms with Crippen LogP contribution < -0.4 is 9.62 Å². The topological polar surface area (TPSA) is 79.4 Å². The molecule has 158 valence electrons. The van der Waals surface area contributed by atoms with Gasteiger partial charge in [0.1, 0.15) is 0 Å². The minimum atomic E-state index is -3.33. The predicted molar refractivity (Wildman–Crippen MR) is 123 cm³/mol. The lowest BCUT2D eigenvalue weighted by molar-refractivity contribution is 0.0954. The summed E-state index contributed by atoms with van der Waals surface area (Å²) in [5.74, 6) is -0.143. The SMILES string of the molecule is Cc1nc(-c2ccc(CCNC(=O)c3ccc4c(c3)CC(C)N4S(C)(=O)=O)s2)cs1. The van der Waals surface area contributed by atoms with Gasteiger partial charge in [0.15, 0.2) is 0 Å². The van der Waals surface area contributed by atoms with Gasteiger partial charge in [-0.3, -0.25) is 9.10 Å². The molecule has 1 aliphatic heterocycles. The highest BCUT2D eigenvalue weighted by Crippen LogP contribution is 2.34. The summed E-state index contributed by atoms with van der Waals surface area (Å²) >= 11 is 3.34. The van der Waals surface area contributed by atoms with E-state index in [1.165, 1.54) is 15.4 Å². The number of carbonyl (C=O) groups is 1. The summed E-state index contributed by atoms with van der Waals surface area (Å²) in [6.45, 7) is 4.41. The molecule has 2 aromatic heterocycles. The van der Waals surface area contributed by atoms with Gasteiger partial charge in [0.2, 0.25) is 10.0 Å². The standard InChI is InChI=1S/C21H23N3O3S3/c1-13-10-16-11-15(4-6-19(16)24(13)30(3,26)27)21(25)22-9-8-17-5-7-20(29-17)18-12-28-14(2)23-18/h4-7,11-13H,8-10H2,1-3H3,(H,22,25). The number of aryl methyl sites for hydroxylation is 1. The van der Waals surface area contributed by atoms with Gasteiger partial charge in [-0.25, -0.2) is 13.4 Å². The van der Waals surface area contributed by atoms with Crippen molar-refractivity contribution in [1.82, 2.24) is 10.3 Å². The Morgan fingerprint density at radius 1 is 1.30 bits per heavy atom. The number of carbonyl (C=O) groups excluding carboxylic acids is 1. The third-order valence-electron chi connectivity index (χ3n) is 5.04. The fourth-order valence-electron chi connectivity index (χ4n) is 3.78. The maximum atomic E-state index is 12.6. The van der Waals surface area contributed by atoms with E-state index in [0.29, 0.717) is 24.2 Å². The summed E-state index contributed by atoms with van der Waals surface area (Å²) < 4.78 is 25.5. The average molecular weight is 462 g/mol. The molecule has 0 saturated heterocycles. The number of aromatic nitrogens is 1. The zero-order valence-corrected chi connectivity index (χ0v) is 19.5. The zero-order valence-electron chi connectivity index (χ0n) is 17.0. The quantitative estimate of drug-likeness (QED) is 0.605. The van der Waals surface area contributed by atoms with Gasteiger partial charge in [0.25, 0.3) is 5.91 Å². The fraction of sp³-hybridized carbons (Fsp3) is 0.333. The molecule has 1 N–H and O–H groups in total. The molecule has 0 radical (unpaired) electrons. The van der Waals surface area contributed by atoms with Crippen molar-refractivity contribution in [2.24, 2.45) is 0 Å². The molecule has 1 amide bonds. The van der Waals surface area contributed by atoms with Crippen LogP contribution in [0, 0.1) is 6.92 Å². The van der Waals surface area contributed by atoms with Crippen LogP contribution in [-0.4, -0.2) is 38.2 Å². The van der Waals surface area contributed by atoms with E-state index in [4.69, 9.17) is 0 Å². The predicted octanol–water partition coefficient (Wildman–Crippen LogP) is 3.86. The summed E-state index contributed by atoms with van der Waals surface area (Å²) in [5, 5.41) is 6.08. The Morgan fingerprint density at radius 2 is 2.10 bits per heavy atom. The van der Waals surface area contributed by atoms with Crippen molar-refractivity contribution in [1.29, 1.82) is 0 Å². The Morgan fingerprint density at radius 3 is 2.80 bits per heavy atom. The van der Waals surface area contributed by atoms with Gasteiger partial charge in [-0.1, -0.05) is 0 Å². The van der Waals surface area contributed by atoms with Crippen molar-refractivity contribution in [2.45, 2.75) is 32.7 Å². The fourth-order valence-corrected chi connectivity index (χ4v) is 6.70. The van der Waals surface area contributed by atoms with Crippen molar-refractivity contribution in [2.75, 3.05) is 17.1 Å². The molecule has 1 atom stereocenters. The van der Waals surface area contributed by atoms with Crippen molar-refractivity contribution < 1.29 is 13.2 Å². The summed E-state index contributed by atoms with van der Waals surface area (Å²) in [6.07, 6.45) is 2.58. The molecule has 30 heavy (non-hydrogen) atoms. The summed E-state index contributed by atoms with van der Waals surface area (Å²) in [4.78, 5) is 19.4. The first-order valence-electron chi connectivity index (χ1n) is 9.64. The highest BCUT2D eigenvalue weighted by atomic mass is 32.2. The van der Waals surface area contributed by atoms with Crippen molar-refractivity contribution in [3.05, 3.63) is 56.7 Å². The van der Waals surface area contributed by atoms with E-state index in [0.717, 1.165) is 27.6 Å². The second-order valence-corrected chi connectivity index (χ2v) is 11.6. The second kappa shape index (κ2) is 8.13. The van der Waals surface area contributed by atoms with E-state index in [2.05, 4.69) is 27.8 Å². The number of thiazole rings is 1. The van der Waals surface area contributed by atoms with Crippen LogP contribution in [0.25, 0.3) is 10.6 Å². The number of benzene rings is 1. The van der Waals surface area contributed by atoms with Crippen LogP contribution in [0.1, 0.15) is 32.7 Å². The number of hydrogen-bond acceptors (Lipinski definition) is 6. The number of nitrogens with zero attached hydrogens (tertiary/aromatic N) is 2. The number of hydrogen-bond donors (Lipinski definition) is 1. The Balaban J connectivity index is 1.37. The Bertz CT molecular complexity index is 1200. The van der Waals surface area contributed by atoms with Crippen molar-refractivity contribution >= 4 is 44.3 Å². The highest BCUT2D eigenvalue weighted by molar-refractivity contribution is 7.92. The molecule has 0 bridgehead atoms. The lowest BCUT2D eigenvalue weighted by Crippen LogP contribution is -2.34. The average Bonchev–Trinajstić information content (AvgIpc) is 3.37. The van der Waals surface area contributed by atoms with Gasteiger partial charge in [0, 0.05) is 28.4 Å². The molecule has 3 aromatic rings. The van der Waals surface area contributed by atoms with Crippen LogP contribution >= 0.6 is 22.7 Å². The minimum absolute atomic E-state index is 0.136. The lowest BCUT2D eigenvalue weighted by Gasteiger charge is -2.21. The molecule has 0 aliphatic carbocycles. The van der Waals surface area contributed by atoms with Crippen LogP contribution in [-0.2, 0) is 22.9 Å². The first kappa shape index (κ1) is 21.0. The molecule has 0 spiro atoms. The number of nitrogens with one attached hydrogen (secondary N) is 1. The molecule has 1 unspecified atom stereocenters. The number of rotatable bonds is 6. The van der Waals surface area contributed by atoms with E-state index in [1.54, 1.807) is 40.9 Å². The molecule has 3 heterocycles. The molecular formula is C21H23N3O3S3. The third kappa shape index (κ3) is 4.28. The van der Waals surface area contributed by atoms with Crippen LogP contribution in [0.15, 0.2) is 35.7 Å². The normalized spacial score (nSPS) is 16.0. The lowest BCUT2D eigenvalue weighted by atomic mass is 10.1. The summed E-state index contributed by atoms with van der Waals surface area (Å²) in [7, 11) is -3.33. The molecule has 0 saturated carbocycles. The number of fused-ring (bicyclic) bond motifs is 1. The van der Waals surface area contributed by atoms with Gasteiger partial charge in [0.05, 0.1) is 27.5 Å². The van der Waals surface area contributed by atoms with E-state index in [-0.39, 0.29) is 11.9 Å². The van der Waals surface area contributed by atoms with Crippen LogP contribution in [0.3, 0.4) is 0 Å². The minimum Gasteiger partial charge on any atom is -0.352 e. The maximum Gasteiger partial charge on any atom is 0.251 e. The smallest absolute Gasteiger partial charge is 0.251 e. The Kier molecular flexibility index (Phi) is 5.69. The molecule has 9 heteroatoms. The maximum absolute atomic E-state index is 12.6. The number of anilines is 1. The molecular weight excluding hydrogens is 438 g/mol. The van der Waals surface area contributed by atoms with Gasteiger partial charge in [-0.05, 0) is 62.6 Å². The zero-order chi connectivity index (χ0) is 21.5. The van der Waals surface area contributed by atoms with Gasteiger partial charge >= 0.3 is 0 Å². The highest BCUT2D eigenvalue weighted by Gasteiger charge is 2.32. The van der Waals surface area contributed by atoms with Crippen molar-refractivity contribution in [3.63, 3.8) is 0 Å². The first-order chi connectivity index (χ1) is 14.2. The monoisotopic (exact) mass is 461 g/mol. The van der Waals surface area contributed by atoms with Crippen molar-refractivity contribution in [3.8, 4) is 10.6 Å². The molecule has 6 nitrogen and oxygen atoms in total. The van der Waals surface area contributed by atoms with Crippen LogP contribution in [0.4, 0.5) is 5.69 Å². The Hall–Kier alpha value is -2.23. The first-order valence-corrected chi connectivity index (χ1v) is 13.2. The second-order valence-electron chi connectivity index (χ2n) is 7.48. The number of amides is 1. The number of sulfonamides is 1. The van der Waals surface area contributed by atoms with Crippen LogP contribution in [0.5, 0.6) is 0 Å². The largest absolute Gasteiger partial charge is 0.352 e. The van der Waals surface area contributed by atoms with Crippen LogP contribution in [0.2, 0.25) is 0 Å². The van der Waals surface area contributed by atoms with E-state index < -0.39 is 10.0 Å². The molecule has 1 aromatic carbocycles. The number of thiophene rings is 1. The van der Waals surface area contributed by atoms with Gasteiger partial charge in [-0.15, -0.1) is 22.7 Å². The van der Waals surface area contributed by atoms with E-state index >= 15 is 0 Å². The van der Waals surface area contributed by atoms with E-state index in [1.807, 2.05) is 13.8 Å². The molecule has 0 fully saturated rings. The van der Waals surface area contributed by atoms with E-state index in [9.17, 15) is 13.2 Å². The molecule has 1 aliphatic rings. The Labute approximate surface area is 184 Å². The summed E-state index contributed by atoms with van der Waals surface area (Å²) in [6, 6.07) is 9.25. The van der Waals surface area contributed by atoms with Gasteiger partial charge < -0.3 is 5.32 Å². The van der Waals surface area contributed by atoms with Gasteiger partial charge in [-0.2, -0.15) is 0 Å². The summed E-state index contributed by atoms with van der Waals surface area (Å²) in [5.41, 5.74) is 3.13. The molecule has 4 rings (SSSR count).